The third-order valence-electron chi connectivity index (χ3n) is 4.15. The van der Waals surface area contributed by atoms with Gasteiger partial charge in [-0.3, -0.25) is 4.72 Å². The first kappa shape index (κ1) is 20.4. The van der Waals surface area contributed by atoms with Crippen molar-refractivity contribution in [3.05, 3.63) is 69.3 Å². The predicted octanol–water partition coefficient (Wildman–Crippen LogP) is 6.43. The lowest BCUT2D eigenvalue weighted by atomic mass is 10.1. The van der Waals surface area contributed by atoms with Crippen LogP contribution in [0.4, 0.5) is 5.69 Å². The van der Waals surface area contributed by atoms with Gasteiger partial charge in [-0.2, -0.15) is 0 Å². The van der Waals surface area contributed by atoms with Gasteiger partial charge in [-0.25, -0.2) is 18.4 Å². The van der Waals surface area contributed by atoms with E-state index in [4.69, 9.17) is 34.8 Å². The Labute approximate surface area is 186 Å². The van der Waals surface area contributed by atoms with Gasteiger partial charge in [0, 0.05) is 11.8 Å². The SMILES string of the molecule is Cc1cc(-c2nc3cccnc3s2)ccc1NS(=O)(=O)c1cc(Cl)c(Cl)cc1Cl. The second-order valence-corrected chi connectivity index (χ2v) is 10.0. The molecule has 0 aliphatic carbocycles. The number of halogens is 3. The van der Waals surface area contributed by atoms with E-state index in [9.17, 15) is 8.42 Å². The van der Waals surface area contributed by atoms with Crippen LogP contribution < -0.4 is 4.72 Å². The molecule has 4 aromatic rings. The van der Waals surface area contributed by atoms with E-state index in [2.05, 4.69) is 14.7 Å². The first-order valence-electron chi connectivity index (χ1n) is 8.24. The van der Waals surface area contributed by atoms with Crippen LogP contribution in [0, 0.1) is 6.92 Å². The minimum atomic E-state index is -3.95. The van der Waals surface area contributed by atoms with Gasteiger partial charge in [-0.15, -0.1) is 0 Å². The summed E-state index contributed by atoms with van der Waals surface area (Å²) in [6.45, 7) is 1.81. The summed E-state index contributed by atoms with van der Waals surface area (Å²) in [5, 5.41) is 1.08. The number of aromatic nitrogens is 2. The molecule has 2 aromatic carbocycles. The average molecular weight is 485 g/mol. The van der Waals surface area contributed by atoms with E-state index >= 15 is 0 Å². The summed E-state index contributed by atoms with van der Waals surface area (Å²) < 4.78 is 28.1. The molecule has 0 radical (unpaired) electrons. The number of nitrogens with zero attached hydrogens (tertiary/aromatic N) is 2. The quantitative estimate of drug-likeness (QED) is 0.339. The van der Waals surface area contributed by atoms with E-state index in [0.29, 0.717) is 5.69 Å². The normalized spacial score (nSPS) is 11.7. The molecule has 1 N–H and O–H groups in total. The van der Waals surface area contributed by atoms with Crippen molar-refractivity contribution in [3.8, 4) is 10.6 Å². The van der Waals surface area contributed by atoms with E-state index in [1.54, 1.807) is 18.3 Å². The second kappa shape index (κ2) is 7.74. The zero-order chi connectivity index (χ0) is 20.8. The molecule has 29 heavy (non-hydrogen) atoms. The van der Waals surface area contributed by atoms with Crippen LogP contribution in [-0.4, -0.2) is 18.4 Å². The van der Waals surface area contributed by atoms with Crippen molar-refractivity contribution in [3.63, 3.8) is 0 Å². The Morgan fingerprint density at radius 2 is 1.76 bits per heavy atom. The average Bonchev–Trinajstić information content (AvgIpc) is 3.10. The van der Waals surface area contributed by atoms with Gasteiger partial charge in [0.15, 0.2) is 0 Å². The van der Waals surface area contributed by atoms with Gasteiger partial charge >= 0.3 is 0 Å². The molecule has 0 atom stereocenters. The molecule has 148 valence electrons. The van der Waals surface area contributed by atoms with E-state index < -0.39 is 10.0 Å². The Hall–Kier alpha value is -1.90. The molecule has 0 unspecified atom stereocenters. The maximum Gasteiger partial charge on any atom is 0.263 e. The van der Waals surface area contributed by atoms with Gasteiger partial charge < -0.3 is 0 Å². The Balaban J connectivity index is 1.67. The van der Waals surface area contributed by atoms with Crippen molar-refractivity contribution in [2.75, 3.05) is 4.72 Å². The van der Waals surface area contributed by atoms with Gasteiger partial charge in [-0.05, 0) is 55.0 Å². The van der Waals surface area contributed by atoms with Crippen molar-refractivity contribution in [2.45, 2.75) is 11.8 Å². The highest BCUT2D eigenvalue weighted by molar-refractivity contribution is 7.92. The lowest BCUT2D eigenvalue weighted by molar-refractivity contribution is 0.601. The number of anilines is 1. The fraction of sp³-hybridized carbons (Fsp3) is 0.0526. The highest BCUT2D eigenvalue weighted by Crippen LogP contribution is 2.34. The highest BCUT2D eigenvalue weighted by atomic mass is 35.5. The van der Waals surface area contributed by atoms with E-state index in [-0.39, 0.29) is 20.0 Å². The first-order chi connectivity index (χ1) is 13.7. The van der Waals surface area contributed by atoms with Crippen LogP contribution in [-0.2, 0) is 10.0 Å². The molecule has 0 spiro atoms. The van der Waals surface area contributed by atoms with Crippen LogP contribution in [0.25, 0.3) is 20.9 Å². The molecule has 5 nitrogen and oxygen atoms in total. The molecule has 0 saturated carbocycles. The number of benzene rings is 2. The second-order valence-electron chi connectivity index (χ2n) is 6.18. The maximum atomic E-state index is 12.8. The Morgan fingerprint density at radius 3 is 2.48 bits per heavy atom. The summed E-state index contributed by atoms with van der Waals surface area (Å²) in [6, 6.07) is 11.6. The molecule has 0 aliphatic rings. The van der Waals surface area contributed by atoms with Crippen molar-refractivity contribution in [1.82, 2.24) is 9.97 Å². The van der Waals surface area contributed by atoms with Gasteiger partial charge in [0.1, 0.15) is 20.3 Å². The fourth-order valence-corrected chi connectivity index (χ4v) is 5.75. The summed E-state index contributed by atoms with van der Waals surface area (Å²) in [5.41, 5.74) is 2.86. The van der Waals surface area contributed by atoms with Gasteiger partial charge in [0.05, 0.1) is 20.8 Å². The smallest absolute Gasteiger partial charge is 0.263 e. The molecule has 0 amide bonds. The van der Waals surface area contributed by atoms with Crippen molar-refractivity contribution in [1.29, 1.82) is 0 Å². The zero-order valence-corrected chi connectivity index (χ0v) is 18.7. The standard InChI is InChI=1S/C19H12Cl3N3O2S2/c1-10-7-11(18-24-16-3-2-6-23-19(16)28-18)4-5-15(10)25-29(26,27)17-9-13(21)12(20)8-14(17)22/h2-9,25H,1H3. The Bertz CT molecular complexity index is 1320. The summed E-state index contributed by atoms with van der Waals surface area (Å²) >= 11 is 19.4. The minimum absolute atomic E-state index is 0.0110. The molecule has 4 rings (SSSR count). The molecule has 10 heteroatoms. The van der Waals surface area contributed by atoms with Crippen LogP contribution in [0.5, 0.6) is 0 Å². The van der Waals surface area contributed by atoms with E-state index in [0.717, 1.165) is 26.5 Å². The summed E-state index contributed by atoms with van der Waals surface area (Å²) in [6.07, 6.45) is 1.72. The largest absolute Gasteiger partial charge is 0.279 e. The molecular formula is C19H12Cl3N3O2S2. The zero-order valence-electron chi connectivity index (χ0n) is 14.8. The first-order valence-corrected chi connectivity index (χ1v) is 11.7. The lowest BCUT2D eigenvalue weighted by Gasteiger charge is -2.13. The van der Waals surface area contributed by atoms with Crippen LogP contribution in [0.3, 0.4) is 0 Å². The predicted molar refractivity (Wildman–Crippen MR) is 120 cm³/mol. The summed E-state index contributed by atoms with van der Waals surface area (Å²) in [7, 11) is -3.95. The summed E-state index contributed by atoms with van der Waals surface area (Å²) in [4.78, 5) is 9.58. The monoisotopic (exact) mass is 483 g/mol. The number of sulfonamides is 1. The molecule has 0 fully saturated rings. The van der Waals surface area contributed by atoms with Crippen LogP contribution >= 0.6 is 46.1 Å². The third kappa shape index (κ3) is 4.06. The summed E-state index contributed by atoms with van der Waals surface area (Å²) in [5.74, 6) is 0. The van der Waals surface area contributed by atoms with Crippen molar-refractivity contribution in [2.24, 2.45) is 0 Å². The van der Waals surface area contributed by atoms with Gasteiger partial charge in [-0.1, -0.05) is 46.1 Å². The minimum Gasteiger partial charge on any atom is -0.279 e. The lowest BCUT2D eigenvalue weighted by Crippen LogP contribution is -2.14. The van der Waals surface area contributed by atoms with Gasteiger partial charge in [0.2, 0.25) is 0 Å². The molecule has 2 aromatic heterocycles. The molecule has 2 heterocycles. The van der Waals surface area contributed by atoms with E-state index in [1.165, 1.54) is 23.5 Å². The van der Waals surface area contributed by atoms with E-state index in [1.807, 2.05) is 25.1 Å². The maximum absolute atomic E-state index is 12.8. The number of thiazole rings is 1. The highest BCUT2D eigenvalue weighted by Gasteiger charge is 2.21. The number of hydrogen-bond acceptors (Lipinski definition) is 5. The van der Waals surface area contributed by atoms with Crippen LogP contribution in [0.2, 0.25) is 15.1 Å². The fourth-order valence-electron chi connectivity index (χ4n) is 2.71. The van der Waals surface area contributed by atoms with Crippen LogP contribution in [0.1, 0.15) is 5.56 Å². The topological polar surface area (TPSA) is 72.0 Å². The Kier molecular flexibility index (Phi) is 5.44. The number of rotatable bonds is 4. The Morgan fingerprint density at radius 1 is 1.00 bits per heavy atom. The van der Waals surface area contributed by atoms with Crippen molar-refractivity contribution >= 4 is 72.2 Å². The molecular weight excluding hydrogens is 473 g/mol. The third-order valence-corrected chi connectivity index (χ3v) is 7.73. The number of nitrogens with one attached hydrogen (secondary N) is 1. The number of fused-ring (bicyclic) bond motifs is 1. The number of aryl methyl sites for hydroxylation is 1. The number of pyridine rings is 1. The molecule has 0 aliphatic heterocycles. The van der Waals surface area contributed by atoms with Crippen molar-refractivity contribution < 1.29 is 8.42 Å². The van der Waals surface area contributed by atoms with Crippen LogP contribution in [0.15, 0.2) is 53.6 Å². The van der Waals surface area contributed by atoms with Gasteiger partial charge in [0.25, 0.3) is 10.0 Å². The number of hydrogen-bond donors (Lipinski definition) is 1. The molecule has 0 bridgehead atoms. The molecule has 0 saturated heterocycles.